The van der Waals surface area contributed by atoms with Crippen LogP contribution >= 0.6 is 0 Å². The first-order chi connectivity index (χ1) is 10.4. The van der Waals surface area contributed by atoms with E-state index in [-0.39, 0.29) is 17.7 Å². The third-order valence-electron chi connectivity index (χ3n) is 3.27. The number of aliphatic carboxylic acids is 1. The minimum absolute atomic E-state index is 0.147. The molecule has 22 heavy (non-hydrogen) atoms. The molecule has 6 nitrogen and oxygen atoms in total. The van der Waals surface area contributed by atoms with Crippen molar-refractivity contribution >= 4 is 17.6 Å². The van der Waals surface area contributed by atoms with Crippen molar-refractivity contribution in [2.24, 2.45) is 0 Å². The van der Waals surface area contributed by atoms with Crippen LogP contribution in [-0.2, 0) is 11.2 Å². The number of benzene rings is 1. The molecule has 0 saturated carbocycles. The van der Waals surface area contributed by atoms with Gasteiger partial charge < -0.3 is 19.6 Å². The van der Waals surface area contributed by atoms with Crippen LogP contribution in [-0.4, -0.2) is 24.1 Å². The Morgan fingerprint density at radius 1 is 1.27 bits per heavy atom. The summed E-state index contributed by atoms with van der Waals surface area (Å²) in [4.78, 5) is 23.2. The van der Waals surface area contributed by atoms with Gasteiger partial charge >= 0.3 is 5.97 Å². The van der Waals surface area contributed by atoms with E-state index >= 15 is 0 Å². The van der Waals surface area contributed by atoms with Crippen LogP contribution in [0.4, 0.5) is 5.69 Å². The number of hydrogen-bond donors (Lipinski definition) is 2. The molecule has 6 heteroatoms. The second-order valence-corrected chi connectivity index (χ2v) is 4.92. The lowest BCUT2D eigenvalue weighted by Crippen LogP contribution is -2.16. The number of nitrogens with one attached hydrogen (secondary N) is 1. The molecule has 0 spiro atoms. The molecule has 0 bridgehead atoms. The van der Waals surface area contributed by atoms with E-state index < -0.39 is 11.9 Å². The Balaban J connectivity index is 2.26. The largest absolute Gasteiger partial charge is 0.497 e. The van der Waals surface area contributed by atoms with E-state index in [1.54, 1.807) is 32.2 Å². The number of amides is 1. The number of aryl methyl sites for hydroxylation is 2. The number of methoxy groups -OCH3 is 1. The molecule has 2 aromatic rings. The molecule has 116 valence electrons. The lowest BCUT2D eigenvalue weighted by Gasteiger charge is -2.10. The van der Waals surface area contributed by atoms with E-state index in [1.807, 2.05) is 6.92 Å². The summed E-state index contributed by atoms with van der Waals surface area (Å²) >= 11 is 0. The van der Waals surface area contributed by atoms with E-state index in [9.17, 15) is 9.59 Å². The molecular formula is C16H17NO5. The smallest absolute Gasteiger partial charge is 0.311 e. The van der Waals surface area contributed by atoms with Crippen molar-refractivity contribution in [3.63, 3.8) is 0 Å². The zero-order valence-electron chi connectivity index (χ0n) is 12.6. The lowest BCUT2D eigenvalue weighted by molar-refractivity contribution is -0.136. The predicted octanol–water partition coefficient (Wildman–Crippen LogP) is 2.78. The van der Waals surface area contributed by atoms with Crippen LogP contribution in [0, 0.1) is 13.8 Å². The maximum absolute atomic E-state index is 12.4. The molecule has 2 rings (SSSR count). The van der Waals surface area contributed by atoms with Crippen LogP contribution < -0.4 is 10.1 Å². The van der Waals surface area contributed by atoms with Crippen LogP contribution in [0.25, 0.3) is 0 Å². The average Bonchev–Trinajstić information content (AvgIpc) is 2.81. The first-order valence-electron chi connectivity index (χ1n) is 6.67. The van der Waals surface area contributed by atoms with Gasteiger partial charge in [-0.05, 0) is 37.6 Å². The van der Waals surface area contributed by atoms with E-state index in [0.29, 0.717) is 17.0 Å². The molecular weight excluding hydrogens is 286 g/mol. The molecule has 0 aliphatic carbocycles. The highest BCUT2D eigenvalue weighted by molar-refractivity contribution is 6.06. The molecule has 0 aliphatic heterocycles. The highest BCUT2D eigenvalue weighted by Gasteiger charge is 2.21. The van der Waals surface area contributed by atoms with E-state index in [2.05, 4.69) is 5.32 Å². The van der Waals surface area contributed by atoms with Crippen molar-refractivity contribution < 1.29 is 23.8 Å². The Kier molecular flexibility index (Phi) is 4.50. The molecule has 1 aromatic carbocycles. The fourth-order valence-corrected chi connectivity index (χ4v) is 2.16. The van der Waals surface area contributed by atoms with Crippen LogP contribution in [0.5, 0.6) is 5.75 Å². The molecule has 1 aromatic heterocycles. The van der Waals surface area contributed by atoms with E-state index in [4.69, 9.17) is 14.3 Å². The third kappa shape index (κ3) is 3.28. The zero-order valence-corrected chi connectivity index (χ0v) is 12.6. The van der Waals surface area contributed by atoms with Crippen LogP contribution in [0.2, 0.25) is 0 Å². The lowest BCUT2D eigenvalue weighted by atomic mass is 10.1. The number of carboxylic acids is 1. The summed E-state index contributed by atoms with van der Waals surface area (Å²) < 4.78 is 10.3. The molecule has 0 atom stereocenters. The first kappa shape index (κ1) is 15.6. The molecule has 0 saturated heterocycles. The monoisotopic (exact) mass is 303 g/mol. The summed E-state index contributed by atoms with van der Waals surface area (Å²) in [5.41, 5.74) is 2.33. The topological polar surface area (TPSA) is 88.8 Å². The number of anilines is 1. The summed E-state index contributed by atoms with van der Waals surface area (Å²) in [6.45, 7) is 3.54. The molecule has 2 N–H and O–H groups in total. The maximum atomic E-state index is 12.4. The number of carboxylic acid groups (broad SMARTS) is 1. The van der Waals surface area contributed by atoms with Gasteiger partial charge in [-0.3, -0.25) is 9.59 Å². The van der Waals surface area contributed by atoms with Gasteiger partial charge in [-0.2, -0.15) is 0 Å². The van der Waals surface area contributed by atoms with Crippen molar-refractivity contribution in [1.82, 2.24) is 0 Å². The Morgan fingerprint density at radius 2 is 2.00 bits per heavy atom. The molecule has 0 unspecified atom stereocenters. The quantitative estimate of drug-likeness (QED) is 0.886. The number of carbonyl (C=O) groups is 2. The summed E-state index contributed by atoms with van der Waals surface area (Å²) in [5.74, 6) is -0.602. The van der Waals surface area contributed by atoms with Crippen molar-refractivity contribution in [2.45, 2.75) is 20.3 Å². The van der Waals surface area contributed by atoms with Gasteiger partial charge in [0.2, 0.25) is 0 Å². The van der Waals surface area contributed by atoms with Gasteiger partial charge in [0, 0.05) is 11.3 Å². The van der Waals surface area contributed by atoms with Crippen molar-refractivity contribution in [3.05, 3.63) is 46.9 Å². The van der Waals surface area contributed by atoms with E-state index in [1.165, 1.54) is 6.26 Å². The SMILES string of the molecule is COc1ccc(NC(=O)c2c(C)coc2CC(=O)O)c(C)c1. The van der Waals surface area contributed by atoms with Gasteiger partial charge in [-0.1, -0.05) is 0 Å². The maximum Gasteiger partial charge on any atom is 0.311 e. The fourth-order valence-electron chi connectivity index (χ4n) is 2.16. The van der Waals surface area contributed by atoms with Crippen LogP contribution in [0.15, 0.2) is 28.9 Å². The Morgan fingerprint density at radius 3 is 2.59 bits per heavy atom. The Bertz CT molecular complexity index is 717. The minimum Gasteiger partial charge on any atom is -0.497 e. The average molecular weight is 303 g/mol. The second-order valence-electron chi connectivity index (χ2n) is 4.92. The van der Waals surface area contributed by atoms with Gasteiger partial charge in [-0.25, -0.2) is 0 Å². The minimum atomic E-state index is -1.05. The summed E-state index contributed by atoms with van der Waals surface area (Å²) in [6, 6.07) is 5.28. The molecule has 0 fully saturated rings. The molecule has 0 radical (unpaired) electrons. The van der Waals surface area contributed by atoms with E-state index in [0.717, 1.165) is 5.56 Å². The first-order valence-corrected chi connectivity index (χ1v) is 6.67. The summed E-state index contributed by atoms with van der Waals surface area (Å²) in [5, 5.41) is 11.6. The molecule has 1 heterocycles. The van der Waals surface area contributed by atoms with Gasteiger partial charge in [0.05, 0.1) is 18.9 Å². The summed E-state index contributed by atoms with van der Waals surface area (Å²) in [7, 11) is 1.57. The van der Waals surface area contributed by atoms with Gasteiger partial charge in [0.1, 0.15) is 17.9 Å². The Hall–Kier alpha value is -2.76. The zero-order chi connectivity index (χ0) is 16.3. The standard InChI is InChI=1S/C16H17NO5/c1-9-6-11(21-3)4-5-12(9)17-16(20)15-10(2)8-22-13(15)7-14(18)19/h4-6,8H,7H2,1-3H3,(H,17,20)(H,18,19). The van der Waals surface area contributed by atoms with Gasteiger partial charge in [-0.15, -0.1) is 0 Å². The third-order valence-corrected chi connectivity index (χ3v) is 3.27. The predicted molar refractivity (Wildman–Crippen MR) is 80.5 cm³/mol. The van der Waals surface area contributed by atoms with Gasteiger partial charge in [0.15, 0.2) is 0 Å². The van der Waals surface area contributed by atoms with Crippen molar-refractivity contribution in [1.29, 1.82) is 0 Å². The number of hydrogen-bond acceptors (Lipinski definition) is 4. The number of rotatable bonds is 5. The highest BCUT2D eigenvalue weighted by Crippen LogP contribution is 2.24. The summed E-state index contributed by atoms with van der Waals surface area (Å²) in [6.07, 6.45) is 1.05. The van der Waals surface area contributed by atoms with Crippen molar-refractivity contribution in [3.8, 4) is 5.75 Å². The number of furan rings is 1. The van der Waals surface area contributed by atoms with Crippen molar-refractivity contribution in [2.75, 3.05) is 12.4 Å². The molecule has 0 aliphatic rings. The number of ether oxygens (including phenoxy) is 1. The Labute approximate surface area is 127 Å². The van der Waals surface area contributed by atoms with Crippen LogP contribution in [0.3, 0.4) is 0 Å². The van der Waals surface area contributed by atoms with Gasteiger partial charge in [0.25, 0.3) is 5.91 Å². The fraction of sp³-hybridized carbons (Fsp3) is 0.250. The normalized spacial score (nSPS) is 10.3. The number of carbonyl (C=O) groups excluding carboxylic acids is 1. The second kappa shape index (κ2) is 6.34. The molecule has 1 amide bonds. The van der Waals surface area contributed by atoms with Crippen LogP contribution in [0.1, 0.15) is 27.2 Å². The highest BCUT2D eigenvalue weighted by atomic mass is 16.5.